The average molecular weight is 284 g/mol. The van der Waals surface area contributed by atoms with Crippen molar-refractivity contribution in [3.8, 4) is 0 Å². The number of hydrogen-bond donors (Lipinski definition) is 1. The Balaban J connectivity index is 2.14. The van der Waals surface area contributed by atoms with E-state index in [1.165, 1.54) is 4.90 Å². The van der Waals surface area contributed by atoms with E-state index in [0.29, 0.717) is 5.69 Å². The number of carboxylic acid groups (broad SMARTS) is 1. The summed E-state index contributed by atoms with van der Waals surface area (Å²) >= 11 is 0. The Morgan fingerprint density at radius 3 is 2.33 bits per heavy atom. The fourth-order valence-electron chi connectivity index (χ4n) is 1.98. The lowest BCUT2D eigenvalue weighted by atomic mass is 10.1. The molecule has 0 aliphatic heterocycles. The normalized spacial score (nSPS) is 10.1. The number of pyridine rings is 1. The standard InChI is InChI=1S/C16H16N2O3/c19-15(12-13-6-9-17-10-7-13)18(11-8-16(20)21)14-4-2-1-3-5-14/h1-7,9-10H,8,11-12H2,(H,20,21). The molecule has 0 atom stereocenters. The number of carbonyl (C=O) groups excluding carboxylic acids is 1. The van der Waals surface area contributed by atoms with Crippen molar-refractivity contribution in [3.05, 3.63) is 60.4 Å². The molecule has 5 heteroatoms. The van der Waals surface area contributed by atoms with Crippen molar-refractivity contribution in [3.63, 3.8) is 0 Å². The number of carbonyl (C=O) groups is 2. The molecule has 0 fully saturated rings. The van der Waals surface area contributed by atoms with Crippen molar-refractivity contribution in [1.29, 1.82) is 0 Å². The van der Waals surface area contributed by atoms with Gasteiger partial charge in [-0.3, -0.25) is 14.6 Å². The van der Waals surface area contributed by atoms with Crippen LogP contribution in [0.2, 0.25) is 0 Å². The first-order valence-electron chi connectivity index (χ1n) is 6.63. The lowest BCUT2D eigenvalue weighted by molar-refractivity contribution is -0.136. The molecule has 0 aliphatic carbocycles. The van der Waals surface area contributed by atoms with Gasteiger partial charge >= 0.3 is 5.97 Å². The molecule has 0 saturated carbocycles. The Bertz CT molecular complexity index is 599. The highest BCUT2D eigenvalue weighted by molar-refractivity contribution is 5.95. The topological polar surface area (TPSA) is 70.5 Å². The molecule has 0 radical (unpaired) electrons. The number of nitrogens with zero attached hydrogens (tertiary/aromatic N) is 2. The third kappa shape index (κ3) is 4.42. The second kappa shape index (κ2) is 7.19. The van der Waals surface area contributed by atoms with Crippen LogP contribution in [0.3, 0.4) is 0 Å². The van der Waals surface area contributed by atoms with Gasteiger partial charge in [-0.2, -0.15) is 0 Å². The summed E-state index contributed by atoms with van der Waals surface area (Å²) in [5.41, 5.74) is 1.56. The quantitative estimate of drug-likeness (QED) is 0.882. The maximum absolute atomic E-state index is 12.4. The number of hydrogen-bond acceptors (Lipinski definition) is 3. The van der Waals surface area contributed by atoms with E-state index in [1.54, 1.807) is 36.7 Å². The zero-order valence-electron chi connectivity index (χ0n) is 11.5. The van der Waals surface area contributed by atoms with E-state index in [1.807, 2.05) is 18.2 Å². The van der Waals surface area contributed by atoms with Gasteiger partial charge in [-0.25, -0.2) is 0 Å². The maximum atomic E-state index is 12.4. The molecule has 2 rings (SSSR count). The summed E-state index contributed by atoms with van der Waals surface area (Å²) in [5, 5.41) is 8.83. The highest BCUT2D eigenvalue weighted by atomic mass is 16.4. The predicted molar refractivity (Wildman–Crippen MR) is 79.0 cm³/mol. The fraction of sp³-hybridized carbons (Fsp3) is 0.188. The summed E-state index contributed by atoms with van der Waals surface area (Å²) in [7, 11) is 0. The molecule has 0 unspecified atom stereocenters. The molecule has 2 aromatic rings. The van der Waals surface area contributed by atoms with Crippen LogP contribution in [0.5, 0.6) is 0 Å². The van der Waals surface area contributed by atoms with Crippen molar-refractivity contribution in [2.24, 2.45) is 0 Å². The molecule has 108 valence electrons. The Labute approximate surface area is 122 Å². The van der Waals surface area contributed by atoms with Gasteiger partial charge < -0.3 is 10.0 Å². The van der Waals surface area contributed by atoms with E-state index in [2.05, 4.69) is 4.98 Å². The number of aromatic nitrogens is 1. The number of carboxylic acids is 1. The number of amides is 1. The van der Waals surface area contributed by atoms with Crippen LogP contribution in [-0.2, 0) is 16.0 Å². The zero-order chi connectivity index (χ0) is 15.1. The third-order valence-electron chi connectivity index (χ3n) is 3.02. The minimum Gasteiger partial charge on any atom is -0.481 e. The molecule has 1 heterocycles. The van der Waals surface area contributed by atoms with Gasteiger partial charge in [-0.05, 0) is 29.8 Å². The minimum absolute atomic E-state index is 0.0863. The summed E-state index contributed by atoms with van der Waals surface area (Å²) in [6.45, 7) is 0.156. The molecule has 1 aromatic carbocycles. The number of rotatable bonds is 6. The van der Waals surface area contributed by atoms with Gasteiger partial charge in [-0.15, -0.1) is 0 Å². The molecule has 1 N–H and O–H groups in total. The second-order valence-corrected chi connectivity index (χ2v) is 4.56. The van der Waals surface area contributed by atoms with Crippen molar-refractivity contribution in [2.75, 3.05) is 11.4 Å². The third-order valence-corrected chi connectivity index (χ3v) is 3.02. The molecular weight excluding hydrogens is 268 g/mol. The van der Waals surface area contributed by atoms with Crippen LogP contribution < -0.4 is 4.90 Å². The van der Waals surface area contributed by atoms with E-state index in [0.717, 1.165) is 5.56 Å². The lowest BCUT2D eigenvalue weighted by Crippen LogP contribution is -2.34. The van der Waals surface area contributed by atoms with Crippen molar-refractivity contribution in [1.82, 2.24) is 4.98 Å². The van der Waals surface area contributed by atoms with Crippen molar-refractivity contribution in [2.45, 2.75) is 12.8 Å². The molecule has 0 spiro atoms. The Hall–Kier alpha value is -2.69. The first-order valence-corrected chi connectivity index (χ1v) is 6.63. The lowest BCUT2D eigenvalue weighted by Gasteiger charge is -2.22. The zero-order valence-corrected chi connectivity index (χ0v) is 11.5. The van der Waals surface area contributed by atoms with Gasteiger partial charge in [0.2, 0.25) is 5.91 Å². The Morgan fingerprint density at radius 1 is 1.05 bits per heavy atom. The van der Waals surface area contributed by atoms with Crippen LogP contribution >= 0.6 is 0 Å². The number of anilines is 1. The van der Waals surface area contributed by atoms with Crippen molar-refractivity contribution < 1.29 is 14.7 Å². The van der Waals surface area contributed by atoms with E-state index in [4.69, 9.17) is 5.11 Å². The average Bonchev–Trinajstić information content (AvgIpc) is 2.49. The van der Waals surface area contributed by atoms with E-state index in [-0.39, 0.29) is 25.3 Å². The summed E-state index contributed by atoms with van der Waals surface area (Å²) in [4.78, 5) is 28.6. The number of benzene rings is 1. The van der Waals surface area contributed by atoms with Crippen molar-refractivity contribution >= 4 is 17.6 Å². The van der Waals surface area contributed by atoms with E-state index >= 15 is 0 Å². The van der Waals surface area contributed by atoms with E-state index < -0.39 is 5.97 Å². The second-order valence-electron chi connectivity index (χ2n) is 4.56. The summed E-state index contributed by atoms with van der Waals surface area (Å²) in [6, 6.07) is 12.6. The molecule has 1 amide bonds. The predicted octanol–water partition coefficient (Wildman–Crippen LogP) is 2.13. The SMILES string of the molecule is O=C(O)CCN(C(=O)Cc1ccncc1)c1ccccc1. The molecule has 21 heavy (non-hydrogen) atoms. The summed E-state index contributed by atoms with van der Waals surface area (Å²) < 4.78 is 0. The molecule has 0 aliphatic rings. The van der Waals surface area contributed by atoms with Gasteiger partial charge in [0.1, 0.15) is 0 Å². The maximum Gasteiger partial charge on any atom is 0.305 e. The highest BCUT2D eigenvalue weighted by Crippen LogP contribution is 2.15. The summed E-state index contributed by atoms with van der Waals surface area (Å²) in [5.74, 6) is -1.05. The van der Waals surface area contributed by atoms with Crippen LogP contribution in [0.15, 0.2) is 54.9 Å². The number of aliphatic carboxylic acids is 1. The van der Waals surface area contributed by atoms with Gasteiger partial charge in [0.05, 0.1) is 12.8 Å². The largest absolute Gasteiger partial charge is 0.481 e. The highest BCUT2D eigenvalue weighted by Gasteiger charge is 2.17. The first kappa shape index (κ1) is 14.7. The smallest absolute Gasteiger partial charge is 0.305 e. The molecule has 1 aromatic heterocycles. The first-order chi connectivity index (χ1) is 10.2. The molecule has 0 bridgehead atoms. The summed E-state index contributed by atoms with van der Waals surface area (Å²) in [6.07, 6.45) is 3.40. The van der Waals surface area contributed by atoms with E-state index in [9.17, 15) is 9.59 Å². The Morgan fingerprint density at radius 2 is 1.71 bits per heavy atom. The van der Waals surface area contributed by atoms with Gasteiger partial charge in [0.15, 0.2) is 0 Å². The monoisotopic (exact) mass is 284 g/mol. The molecule has 5 nitrogen and oxygen atoms in total. The van der Waals surface area contributed by atoms with Crippen LogP contribution in [0.4, 0.5) is 5.69 Å². The van der Waals surface area contributed by atoms with Gasteiger partial charge in [0, 0.05) is 24.6 Å². The van der Waals surface area contributed by atoms with Gasteiger partial charge in [-0.1, -0.05) is 18.2 Å². The van der Waals surface area contributed by atoms with Crippen LogP contribution in [0.1, 0.15) is 12.0 Å². The fourth-order valence-corrected chi connectivity index (χ4v) is 1.98. The molecular formula is C16H16N2O3. The van der Waals surface area contributed by atoms with Crippen LogP contribution in [-0.4, -0.2) is 28.5 Å². The minimum atomic E-state index is -0.923. The van der Waals surface area contributed by atoms with Crippen LogP contribution in [0, 0.1) is 0 Å². The molecule has 0 saturated heterocycles. The van der Waals surface area contributed by atoms with Gasteiger partial charge in [0.25, 0.3) is 0 Å². The van der Waals surface area contributed by atoms with Crippen LogP contribution in [0.25, 0.3) is 0 Å². The number of para-hydroxylation sites is 1. The Kier molecular flexibility index (Phi) is 5.04.